The van der Waals surface area contributed by atoms with Crippen LogP contribution in [0.2, 0.25) is 0 Å². The molecule has 0 fully saturated rings. The van der Waals surface area contributed by atoms with Gasteiger partial charge in [-0.2, -0.15) is 0 Å². The number of halogens is 1. The van der Waals surface area contributed by atoms with Gasteiger partial charge in [0.2, 0.25) is 0 Å². The van der Waals surface area contributed by atoms with Crippen LogP contribution in [0.15, 0.2) is 53.5 Å². The zero-order chi connectivity index (χ0) is 20.9. The summed E-state index contributed by atoms with van der Waals surface area (Å²) < 4.78 is 5.59. The minimum Gasteiger partial charge on any atom is -0.493 e. The van der Waals surface area contributed by atoms with Crippen LogP contribution in [-0.4, -0.2) is 45.2 Å². The molecule has 2 aromatic carbocycles. The van der Waals surface area contributed by atoms with Crippen molar-refractivity contribution in [3.8, 4) is 5.75 Å². The van der Waals surface area contributed by atoms with Crippen molar-refractivity contribution in [3.63, 3.8) is 0 Å². The number of pyridine rings is 1. The van der Waals surface area contributed by atoms with Crippen molar-refractivity contribution in [1.29, 1.82) is 0 Å². The Morgan fingerprint density at radius 1 is 1.13 bits per heavy atom. The summed E-state index contributed by atoms with van der Waals surface area (Å²) in [7, 11) is 5.83. The fraction of sp³-hybridized carbons (Fsp3) is 0.333. The number of benzene rings is 2. The zero-order valence-electron chi connectivity index (χ0n) is 18.3. The molecule has 0 atom stereocenters. The van der Waals surface area contributed by atoms with Gasteiger partial charge in [-0.3, -0.25) is 4.99 Å². The van der Waals surface area contributed by atoms with Gasteiger partial charge in [0.15, 0.2) is 5.96 Å². The molecule has 0 radical (unpaired) electrons. The largest absolute Gasteiger partial charge is 0.493 e. The number of aromatic nitrogens is 1. The molecule has 0 amide bonds. The van der Waals surface area contributed by atoms with Crippen molar-refractivity contribution >= 4 is 46.7 Å². The lowest BCUT2D eigenvalue weighted by atomic mass is 10.1. The molecular formula is C24H30IN5O. The van der Waals surface area contributed by atoms with Crippen LogP contribution >= 0.6 is 24.0 Å². The van der Waals surface area contributed by atoms with Crippen LogP contribution < -0.4 is 20.3 Å². The highest BCUT2D eigenvalue weighted by Crippen LogP contribution is 2.26. The second kappa shape index (κ2) is 10.7. The summed E-state index contributed by atoms with van der Waals surface area (Å²) in [6, 6.07) is 16.9. The van der Waals surface area contributed by atoms with E-state index in [1.165, 1.54) is 16.7 Å². The number of hydrogen-bond acceptors (Lipinski definition) is 4. The van der Waals surface area contributed by atoms with Crippen LogP contribution in [0.25, 0.3) is 10.9 Å². The van der Waals surface area contributed by atoms with Gasteiger partial charge in [0.05, 0.1) is 12.1 Å². The first-order valence-electron chi connectivity index (χ1n) is 10.4. The number of guanidine groups is 1. The van der Waals surface area contributed by atoms with Gasteiger partial charge in [-0.05, 0) is 41.3 Å². The van der Waals surface area contributed by atoms with Gasteiger partial charge in [0.1, 0.15) is 11.6 Å². The lowest BCUT2D eigenvalue weighted by Gasteiger charge is -2.17. The highest BCUT2D eigenvalue weighted by atomic mass is 127. The SMILES string of the molecule is CN=C(NCCc1ccc2c(c1)CCO2)NCc1cc(N(C)C)nc2ccccc12.I. The molecule has 0 aliphatic carbocycles. The maximum atomic E-state index is 5.59. The first-order chi connectivity index (χ1) is 14.6. The third-order valence-electron chi connectivity index (χ3n) is 5.38. The number of para-hydroxylation sites is 1. The zero-order valence-corrected chi connectivity index (χ0v) is 20.6. The van der Waals surface area contributed by atoms with Gasteiger partial charge in [0.25, 0.3) is 0 Å². The number of aliphatic imine (C=N–C) groups is 1. The second-order valence-electron chi connectivity index (χ2n) is 7.69. The monoisotopic (exact) mass is 531 g/mol. The van der Waals surface area contributed by atoms with E-state index < -0.39 is 0 Å². The van der Waals surface area contributed by atoms with E-state index in [9.17, 15) is 0 Å². The summed E-state index contributed by atoms with van der Waals surface area (Å²) >= 11 is 0. The summed E-state index contributed by atoms with van der Waals surface area (Å²) in [5.74, 6) is 2.78. The third-order valence-corrected chi connectivity index (χ3v) is 5.38. The van der Waals surface area contributed by atoms with Crippen LogP contribution in [0.3, 0.4) is 0 Å². The minimum atomic E-state index is 0. The summed E-state index contributed by atoms with van der Waals surface area (Å²) in [6.45, 7) is 2.30. The standard InChI is InChI=1S/C24H29N5O.HI/c1-25-24(26-12-10-17-8-9-22-18(14-17)11-13-30-22)27-16-19-15-23(29(2)3)28-21-7-5-4-6-20(19)21;/h4-9,14-15H,10-13,16H2,1-3H3,(H2,25,26,27);1H. The van der Waals surface area contributed by atoms with Gasteiger partial charge in [0, 0.05) is 46.0 Å². The number of hydrogen-bond donors (Lipinski definition) is 2. The van der Waals surface area contributed by atoms with Crippen molar-refractivity contribution in [3.05, 3.63) is 65.2 Å². The van der Waals surface area contributed by atoms with Crippen molar-refractivity contribution < 1.29 is 4.74 Å². The maximum absolute atomic E-state index is 5.59. The van der Waals surface area contributed by atoms with Crippen molar-refractivity contribution in [2.24, 2.45) is 4.99 Å². The minimum absolute atomic E-state index is 0. The molecule has 1 aliphatic rings. The van der Waals surface area contributed by atoms with E-state index in [0.717, 1.165) is 54.4 Å². The Morgan fingerprint density at radius 2 is 1.97 bits per heavy atom. The first kappa shape index (κ1) is 23.1. The Labute approximate surface area is 201 Å². The molecule has 164 valence electrons. The van der Waals surface area contributed by atoms with Gasteiger partial charge in [-0.1, -0.05) is 30.3 Å². The molecular weight excluding hydrogens is 501 g/mol. The van der Waals surface area contributed by atoms with Crippen molar-refractivity contribution in [2.75, 3.05) is 39.2 Å². The van der Waals surface area contributed by atoms with E-state index in [-0.39, 0.29) is 24.0 Å². The molecule has 2 heterocycles. The quantitative estimate of drug-likeness (QED) is 0.288. The molecule has 1 aromatic heterocycles. The van der Waals surface area contributed by atoms with E-state index in [4.69, 9.17) is 9.72 Å². The predicted octanol–water partition coefficient (Wildman–Crippen LogP) is 3.76. The average Bonchev–Trinajstić information content (AvgIpc) is 3.23. The molecule has 1 aliphatic heterocycles. The summed E-state index contributed by atoms with van der Waals surface area (Å²) in [6.07, 6.45) is 1.95. The van der Waals surface area contributed by atoms with Crippen LogP contribution in [0, 0.1) is 0 Å². The Balaban J connectivity index is 0.00000272. The first-order valence-corrected chi connectivity index (χ1v) is 10.4. The molecule has 3 aromatic rings. The Kier molecular flexibility index (Phi) is 7.95. The number of nitrogens with one attached hydrogen (secondary N) is 2. The van der Waals surface area contributed by atoms with E-state index in [1.54, 1.807) is 7.05 Å². The average molecular weight is 531 g/mol. The van der Waals surface area contributed by atoms with Gasteiger partial charge >= 0.3 is 0 Å². The number of fused-ring (bicyclic) bond motifs is 2. The molecule has 0 bridgehead atoms. The maximum Gasteiger partial charge on any atom is 0.191 e. The molecule has 2 N–H and O–H groups in total. The summed E-state index contributed by atoms with van der Waals surface area (Å²) in [5, 5.41) is 8.03. The molecule has 4 rings (SSSR count). The number of nitrogens with zero attached hydrogens (tertiary/aromatic N) is 3. The highest BCUT2D eigenvalue weighted by Gasteiger charge is 2.12. The van der Waals surface area contributed by atoms with Gasteiger partial charge in [-0.15, -0.1) is 24.0 Å². The smallest absolute Gasteiger partial charge is 0.191 e. The normalized spacial score (nSPS) is 12.7. The lowest BCUT2D eigenvalue weighted by molar-refractivity contribution is 0.357. The van der Waals surface area contributed by atoms with Gasteiger partial charge < -0.3 is 20.3 Å². The van der Waals surface area contributed by atoms with E-state index in [2.05, 4.69) is 58.1 Å². The molecule has 0 saturated heterocycles. The fourth-order valence-corrected chi connectivity index (χ4v) is 3.73. The predicted molar refractivity (Wildman–Crippen MR) is 139 cm³/mol. The third kappa shape index (κ3) is 5.58. The lowest BCUT2D eigenvalue weighted by Crippen LogP contribution is -2.38. The van der Waals surface area contributed by atoms with Gasteiger partial charge in [-0.25, -0.2) is 4.98 Å². The summed E-state index contributed by atoms with van der Waals surface area (Å²) in [5.41, 5.74) is 4.84. The van der Waals surface area contributed by atoms with E-state index in [1.807, 2.05) is 25.1 Å². The molecule has 0 spiro atoms. The molecule has 31 heavy (non-hydrogen) atoms. The van der Waals surface area contributed by atoms with Crippen LogP contribution in [-0.2, 0) is 19.4 Å². The van der Waals surface area contributed by atoms with E-state index >= 15 is 0 Å². The molecule has 6 nitrogen and oxygen atoms in total. The number of ether oxygens (including phenoxy) is 1. The number of rotatable bonds is 6. The Hall–Kier alpha value is -2.55. The highest BCUT2D eigenvalue weighted by molar-refractivity contribution is 14.0. The van der Waals surface area contributed by atoms with Crippen LogP contribution in [0.4, 0.5) is 5.82 Å². The summed E-state index contributed by atoms with van der Waals surface area (Å²) in [4.78, 5) is 11.1. The Bertz CT molecular complexity index is 1070. The van der Waals surface area contributed by atoms with Crippen molar-refractivity contribution in [2.45, 2.75) is 19.4 Å². The molecule has 7 heteroatoms. The van der Waals surface area contributed by atoms with E-state index in [0.29, 0.717) is 6.54 Å². The van der Waals surface area contributed by atoms with Crippen molar-refractivity contribution in [1.82, 2.24) is 15.6 Å². The fourth-order valence-electron chi connectivity index (χ4n) is 3.73. The molecule has 0 unspecified atom stereocenters. The van der Waals surface area contributed by atoms with Crippen LogP contribution in [0.1, 0.15) is 16.7 Å². The van der Waals surface area contributed by atoms with Crippen LogP contribution in [0.5, 0.6) is 5.75 Å². The Morgan fingerprint density at radius 3 is 2.77 bits per heavy atom. The molecule has 0 saturated carbocycles. The second-order valence-corrected chi connectivity index (χ2v) is 7.69. The topological polar surface area (TPSA) is 61.8 Å². The number of anilines is 1.